The van der Waals surface area contributed by atoms with Gasteiger partial charge in [-0.25, -0.2) is 9.50 Å². The Hall–Kier alpha value is -2.73. The largest absolute Gasteiger partial charge is 0.348 e. The third kappa shape index (κ3) is 3.21. The number of aromatic nitrogens is 3. The number of nitrogens with zero attached hydrogens (tertiary/aromatic N) is 3. The van der Waals surface area contributed by atoms with Gasteiger partial charge >= 0.3 is 0 Å². The zero-order chi connectivity index (χ0) is 19.2. The van der Waals surface area contributed by atoms with Gasteiger partial charge in [-0.15, -0.1) is 0 Å². The van der Waals surface area contributed by atoms with Crippen molar-refractivity contribution in [1.82, 2.24) is 19.9 Å². The second-order valence-electron chi connectivity index (χ2n) is 7.63. The highest BCUT2D eigenvalue weighted by molar-refractivity contribution is 6.31. The summed E-state index contributed by atoms with van der Waals surface area (Å²) in [4.78, 5) is 29.4. The van der Waals surface area contributed by atoms with Gasteiger partial charge in [0, 0.05) is 24.2 Å². The van der Waals surface area contributed by atoms with Crippen LogP contribution >= 0.6 is 11.6 Å². The first-order chi connectivity index (χ1) is 12.9. The second-order valence-corrected chi connectivity index (χ2v) is 8.03. The third-order valence-corrected chi connectivity index (χ3v) is 5.22. The summed E-state index contributed by atoms with van der Waals surface area (Å²) in [7, 11) is 0. The fraction of sp³-hybridized carbons (Fsp3) is 0.300. The zero-order valence-electron chi connectivity index (χ0n) is 15.1. The number of nitrogens with one attached hydrogen (secondary N) is 1. The molecule has 2 heterocycles. The van der Waals surface area contributed by atoms with Crippen molar-refractivity contribution < 1.29 is 9.59 Å². The Morgan fingerprint density at radius 3 is 2.81 bits per heavy atom. The number of halogens is 1. The molecule has 0 saturated heterocycles. The van der Waals surface area contributed by atoms with Gasteiger partial charge in [0.15, 0.2) is 11.4 Å². The Kier molecular flexibility index (Phi) is 4.23. The van der Waals surface area contributed by atoms with Crippen LogP contribution < -0.4 is 5.32 Å². The lowest BCUT2D eigenvalue weighted by Crippen LogP contribution is -2.29. The van der Waals surface area contributed by atoms with Crippen LogP contribution in [0.5, 0.6) is 0 Å². The second kappa shape index (κ2) is 6.46. The molecule has 1 aliphatic rings. The molecule has 0 spiro atoms. The molecule has 0 radical (unpaired) electrons. The van der Waals surface area contributed by atoms with E-state index in [4.69, 9.17) is 11.6 Å². The average Bonchev–Trinajstić information content (AvgIpc) is 3.04. The first-order valence-corrected chi connectivity index (χ1v) is 9.14. The predicted octanol–water partition coefficient (Wildman–Crippen LogP) is 3.47. The lowest BCUT2D eigenvalue weighted by Gasteiger charge is -2.29. The molecule has 1 amide bonds. The summed E-state index contributed by atoms with van der Waals surface area (Å²) in [5.74, 6) is -0.213. The molecule has 7 heteroatoms. The van der Waals surface area contributed by atoms with Crippen molar-refractivity contribution in [3.05, 3.63) is 64.1 Å². The van der Waals surface area contributed by atoms with Gasteiger partial charge in [-0.2, -0.15) is 5.10 Å². The maximum atomic E-state index is 12.6. The van der Waals surface area contributed by atoms with Crippen molar-refractivity contribution in [2.24, 2.45) is 5.41 Å². The molecular weight excluding hydrogens is 364 g/mol. The molecule has 1 N–H and O–H groups in total. The van der Waals surface area contributed by atoms with Gasteiger partial charge in [-0.1, -0.05) is 43.6 Å². The van der Waals surface area contributed by atoms with E-state index in [2.05, 4.69) is 29.2 Å². The minimum absolute atomic E-state index is 0.0656. The number of amides is 1. The summed E-state index contributed by atoms with van der Waals surface area (Å²) in [5.41, 5.74) is 2.93. The highest BCUT2D eigenvalue weighted by Crippen LogP contribution is 2.34. The summed E-state index contributed by atoms with van der Waals surface area (Å²) >= 11 is 6.14. The van der Waals surface area contributed by atoms with Gasteiger partial charge in [0.25, 0.3) is 5.91 Å². The van der Waals surface area contributed by atoms with E-state index < -0.39 is 0 Å². The van der Waals surface area contributed by atoms with Crippen molar-refractivity contribution >= 4 is 28.9 Å². The first-order valence-electron chi connectivity index (χ1n) is 8.76. The van der Waals surface area contributed by atoms with Crippen molar-refractivity contribution in [1.29, 1.82) is 0 Å². The molecule has 27 heavy (non-hydrogen) atoms. The van der Waals surface area contributed by atoms with E-state index >= 15 is 0 Å². The summed E-state index contributed by atoms with van der Waals surface area (Å²) in [6, 6.07) is 7.36. The van der Waals surface area contributed by atoms with Crippen molar-refractivity contribution in [3.8, 4) is 0 Å². The molecule has 138 valence electrons. The van der Waals surface area contributed by atoms with E-state index in [-0.39, 0.29) is 17.1 Å². The molecule has 4 rings (SSSR count). The molecule has 0 saturated carbocycles. The topological polar surface area (TPSA) is 76.4 Å². The van der Waals surface area contributed by atoms with Crippen LogP contribution in [0.25, 0.3) is 5.65 Å². The summed E-state index contributed by atoms with van der Waals surface area (Å²) in [6.07, 6.45) is 4.25. The van der Waals surface area contributed by atoms with E-state index in [0.717, 1.165) is 11.3 Å². The van der Waals surface area contributed by atoms with E-state index in [9.17, 15) is 9.59 Å². The van der Waals surface area contributed by atoms with Gasteiger partial charge in [0.1, 0.15) is 5.56 Å². The van der Waals surface area contributed by atoms with Crippen LogP contribution in [-0.4, -0.2) is 26.3 Å². The van der Waals surface area contributed by atoms with Crippen molar-refractivity contribution in [2.75, 3.05) is 0 Å². The van der Waals surface area contributed by atoms with Crippen molar-refractivity contribution in [3.63, 3.8) is 0 Å². The Morgan fingerprint density at radius 1 is 1.26 bits per heavy atom. The van der Waals surface area contributed by atoms with E-state index in [1.165, 1.54) is 6.20 Å². The Morgan fingerprint density at radius 2 is 2.04 bits per heavy atom. The van der Waals surface area contributed by atoms with Crippen molar-refractivity contribution in [2.45, 2.75) is 33.2 Å². The Bertz CT molecular complexity index is 1070. The summed E-state index contributed by atoms with van der Waals surface area (Å²) < 4.78 is 1.62. The monoisotopic (exact) mass is 382 g/mol. The molecule has 2 aromatic heterocycles. The number of rotatable bonds is 3. The van der Waals surface area contributed by atoms with Crippen LogP contribution in [0, 0.1) is 5.41 Å². The minimum atomic E-state index is -0.279. The first kappa shape index (κ1) is 17.7. The van der Waals surface area contributed by atoms with Crippen LogP contribution in [0.2, 0.25) is 5.02 Å². The highest BCUT2D eigenvalue weighted by Gasteiger charge is 2.33. The number of carbonyl (C=O) groups excluding carboxylic acids is 2. The van der Waals surface area contributed by atoms with Crippen LogP contribution in [0.1, 0.15) is 52.2 Å². The van der Waals surface area contributed by atoms with Gasteiger partial charge in [0.2, 0.25) is 0 Å². The zero-order valence-corrected chi connectivity index (χ0v) is 15.9. The minimum Gasteiger partial charge on any atom is -0.348 e. The molecule has 6 nitrogen and oxygen atoms in total. The number of hydrogen-bond donors (Lipinski definition) is 1. The fourth-order valence-corrected chi connectivity index (χ4v) is 3.70. The maximum Gasteiger partial charge on any atom is 0.257 e. The van der Waals surface area contributed by atoms with Gasteiger partial charge in [0.05, 0.1) is 17.5 Å². The normalized spacial score (nSPS) is 15.6. The number of hydrogen-bond acceptors (Lipinski definition) is 4. The average molecular weight is 383 g/mol. The number of fused-ring (bicyclic) bond motifs is 3. The number of carbonyl (C=O) groups is 2. The molecule has 0 bridgehead atoms. The van der Waals surface area contributed by atoms with E-state index in [0.29, 0.717) is 41.2 Å². The van der Waals surface area contributed by atoms with Gasteiger partial charge in [-0.3, -0.25) is 9.59 Å². The van der Waals surface area contributed by atoms with E-state index in [1.54, 1.807) is 16.8 Å². The summed E-state index contributed by atoms with van der Waals surface area (Å²) in [6.45, 7) is 4.42. The number of benzene rings is 1. The van der Waals surface area contributed by atoms with E-state index in [1.807, 2.05) is 18.2 Å². The third-order valence-electron chi connectivity index (χ3n) is 4.85. The number of Topliss-reactive ketones (excluding diaryl/α,β-unsaturated/α-hetero) is 1. The highest BCUT2D eigenvalue weighted by atomic mass is 35.5. The Balaban J connectivity index is 1.65. The van der Waals surface area contributed by atoms with Crippen LogP contribution in [0.3, 0.4) is 0 Å². The molecule has 0 fully saturated rings. The van der Waals surface area contributed by atoms with Crippen LogP contribution in [-0.2, 0) is 13.0 Å². The quantitative estimate of drug-likeness (QED) is 0.752. The maximum absolute atomic E-state index is 12.6. The lowest BCUT2D eigenvalue weighted by atomic mass is 9.76. The summed E-state index contributed by atoms with van der Waals surface area (Å²) in [5, 5.41) is 7.80. The Labute approximate surface area is 161 Å². The molecule has 3 aromatic rings. The smallest absolute Gasteiger partial charge is 0.257 e. The fourth-order valence-electron chi connectivity index (χ4n) is 3.50. The van der Waals surface area contributed by atoms with Crippen LogP contribution in [0.4, 0.5) is 0 Å². The molecule has 0 unspecified atom stereocenters. The molecule has 0 aliphatic heterocycles. The SMILES string of the molecule is CC1(C)CC(=O)c2cnc3c(C(=O)NCc4ccccc4Cl)cnn3c2C1. The standard InChI is InChI=1S/C20H19ClN4O2/c1-20(2)7-16-13(17(26)8-20)10-22-18-14(11-24-25(16)18)19(27)23-9-12-5-3-4-6-15(12)21/h3-6,10-11H,7-9H2,1-2H3,(H,23,27). The van der Waals surface area contributed by atoms with Crippen LogP contribution in [0.15, 0.2) is 36.7 Å². The van der Waals surface area contributed by atoms with Gasteiger partial charge in [-0.05, 0) is 23.5 Å². The molecule has 0 atom stereocenters. The molecule has 1 aromatic carbocycles. The molecular formula is C20H19ClN4O2. The predicted molar refractivity (Wildman–Crippen MR) is 102 cm³/mol. The molecule has 1 aliphatic carbocycles. The number of ketones is 1. The van der Waals surface area contributed by atoms with Gasteiger partial charge < -0.3 is 5.32 Å². The lowest BCUT2D eigenvalue weighted by molar-refractivity contribution is 0.0907.